The fourth-order valence-corrected chi connectivity index (χ4v) is 7.93. The van der Waals surface area contributed by atoms with Gasteiger partial charge in [0.15, 0.2) is 0 Å². The van der Waals surface area contributed by atoms with E-state index in [-0.39, 0.29) is 67.4 Å². The van der Waals surface area contributed by atoms with E-state index in [1.807, 2.05) is 44.2 Å². The molecule has 4 nitrogen and oxygen atoms in total. The Morgan fingerprint density at radius 3 is 1.97 bits per heavy atom. The van der Waals surface area contributed by atoms with Gasteiger partial charge in [-0.3, -0.25) is 9.55 Å². The Morgan fingerprint density at radius 2 is 1.32 bits per heavy atom. The number of rotatable bonds is 7. The number of aromatic hydroxyl groups is 1. The quantitative estimate of drug-likeness (QED) is 0.162. The topological polar surface area (TPSA) is 50.9 Å². The summed E-state index contributed by atoms with van der Waals surface area (Å²) in [7, 11) is 0. The van der Waals surface area contributed by atoms with Crippen molar-refractivity contribution in [2.75, 3.05) is 0 Å². The molecular formula is C58H60N3OPt-. The average molecular weight is 1020 g/mol. The molecular weight excluding hydrogens is 950 g/mol. The minimum atomic E-state index is -0.935. The van der Waals surface area contributed by atoms with Crippen molar-refractivity contribution in [3.63, 3.8) is 0 Å². The van der Waals surface area contributed by atoms with Crippen LogP contribution in [0.2, 0.25) is 0 Å². The number of benzene rings is 6. The second kappa shape index (κ2) is 17.2. The van der Waals surface area contributed by atoms with E-state index in [1.165, 1.54) is 0 Å². The van der Waals surface area contributed by atoms with Gasteiger partial charge in [0.25, 0.3) is 0 Å². The van der Waals surface area contributed by atoms with Crippen molar-refractivity contribution in [2.24, 2.45) is 0 Å². The molecule has 0 saturated carbocycles. The van der Waals surface area contributed by atoms with E-state index < -0.39 is 11.3 Å². The number of pyridine rings is 1. The number of nitrogens with zero attached hydrogens (tertiary/aromatic N) is 3. The molecule has 0 bridgehead atoms. The predicted molar refractivity (Wildman–Crippen MR) is 261 cm³/mol. The van der Waals surface area contributed by atoms with Crippen LogP contribution < -0.4 is 0 Å². The first kappa shape index (κ1) is 39.1. The standard InChI is InChI=1S/C58H60N3O.Pt/c1-36(2)41-27-42(38-17-14-13-15-18-38)32-47(31-41)61-52-20-16-19-48(53(52)60-55(61)49-34-46(57(7,8)9)35-50(54(49)62)58(10,11)12)43-28-44(30-45(29-43)56(4,5)6)51-33-40(25-26-59-51)39-23-21-37(3)22-24-39;/h13-27,29-36,62H,1-12H3;/q-1;/i21D,22D,23D,24D,36D;. The molecule has 2 aromatic heterocycles. The molecule has 8 aromatic rings. The number of aromatic nitrogens is 3. The number of hydrogen-bond donors (Lipinski definition) is 1. The molecule has 324 valence electrons. The maximum Gasteiger partial charge on any atom is 0.148 e. The second-order valence-electron chi connectivity index (χ2n) is 19.9. The fraction of sp³-hybridized carbons (Fsp3) is 0.276. The minimum absolute atomic E-state index is 0. The van der Waals surface area contributed by atoms with Gasteiger partial charge >= 0.3 is 0 Å². The van der Waals surface area contributed by atoms with Crippen LogP contribution in [0.3, 0.4) is 0 Å². The first-order valence-corrected chi connectivity index (χ1v) is 21.5. The summed E-state index contributed by atoms with van der Waals surface area (Å²) in [5, 5.41) is 12.5. The summed E-state index contributed by atoms with van der Waals surface area (Å²) in [4.78, 5) is 10.4. The molecule has 0 fully saturated rings. The minimum Gasteiger partial charge on any atom is -0.507 e. The molecule has 0 aliphatic heterocycles. The van der Waals surface area contributed by atoms with Crippen LogP contribution in [0.15, 0.2) is 133 Å². The van der Waals surface area contributed by atoms with Gasteiger partial charge in [-0.1, -0.05) is 178 Å². The van der Waals surface area contributed by atoms with Crippen molar-refractivity contribution in [3.8, 4) is 67.5 Å². The summed E-state index contributed by atoms with van der Waals surface area (Å²) in [5.74, 6) is -0.200. The molecule has 0 radical (unpaired) electrons. The van der Waals surface area contributed by atoms with Crippen LogP contribution in [0.1, 0.15) is 117 Å². The summed E-state index contributed by atoms with van der Waals surface area (Å²) in [6, 6.07) is 38.0. The zero-order valence-corrected chi connectivity index (χ0v) is 40.8. The summed E-state index contributed by atoms with van der Waals surface area (Å²) in [6.45, 7) is 24.8. The average Bonchev–Trinajstić information content (AvgIpc) is 3.66. The number of fused-ring (bicyclic) bond motifs is 1. The van der Waals surface area contributed by atoms with E-state index in [2.05, 4.69) is 140 Å². The Bertz CT molecular complexity index is 3210. The van der Waals surface area contributed by atoms with Crippen molar-refractivity contribution >= 4 is 11.0 Å². The van der Waals surface area contributed by atoms with Gasteiger partial charge in [-0.15, -0.1) is 29.3 Å². The van der Waals surface area contributed by atoms with E-state index >= 15 is 0 Å². The summed E-state index contributed by atoms with van der Waals surface area (Å²) in [5.41, 5.74) is 11.7. The van der Waals surface area contributed by atoms with Gasteiger partial charge in [-0.05, 0) is 92.8 Å². The Labute approximate surface area is 396 Å². The SMILES string of the molecule is [2H]c1c([2H])c(-c2ccnc(-c3[c-]c(-c4cccc5c4nc(-c4cc(C(C)(C)C)cc(C(C)(C)C)c4O)n5-c4cc(-c5ccccc5)cc(C([2H])(C)C)c4)cc(C(C)(C)C)c3)c2)c([2H])c([2H])c1C.[Pt]. The van der Waals surface area contributed by atoms with Gasteiger partial charge in [0.05, 0.1) is 22.1 Å². The molecule has 2 heterocycles. The van der Waals surface area contributed by atoms with Crippen molar-refractivity contribution in [2.45, 2.75) is 105 Å². The first-order chi connectivity index (χ1) is 31.2. The third-order valence-electron chi connectivity index (χ3n) is 11.7. The Kier molecular flexibility index (Phi) is 10.7. The number of hydrogen-bond acceptors (Lipinski definition) is 3. The molecule has 1 N–H and O–H groups in total. The van der Waals surface area contributed by atoms with Crippen LogP contribution in [-0.2, 0) is 37.3 Å². The Morgan fingerprint density at radius 1 is 0.651 bits per heavy atom. The van der Waals surface area contributed by atoms with E-state index in [9.17, 15) is 6.48 Å². The Hall–Kier alpha value is -5.57. The largest absolute Gasteiger partial charge is 0.507 e. The molecule has 0 atom stereocenters. The van der Waals surface area contributed by atoms with E-state index in [4.69, 9.17) is 15.5 Å². The van der Waals surface area contributed by atoms with Crippen molar-refractivity contribution in [1.82, 2.24) is 14.5 Å². The smallest absolute Gasteiger partial charge is 0.148 e. The van der Waals surface area contributed by atoms with E-state index in [0.717, 1.165) is 55.7 Å². The van der Waals surface area contributed by atoms with E-state index in [1.54, 1.807) is 19.2 Å². The van der Waals surface area contributed by atoms with Crippen molar-refractivity contribution < 1.29 is 33.0 Å². The molecule has 63 heavy (non-hydrogen) atoms. The number of phenolic OH excluding ortho intramolecular Hbond substituents is 1. The molecule has 0 amide bonds. The molecule has 8 rings (SSSR count). The zero-order valence-electron chi connectivity index (χ0n) is 43.5. The fourth-order valence-electron chi connectivity index (χ4n) is 7.93. The molecule has 0 aliphatic carbocycles. The van der Waals surface area contributed by atoms with Crippen LogP contribution in [-0.4, -0.2) is 19.6 Å². The van der Waals surface area contributed by atoms with Crippen LogP contribution in [0.25, 0.3) is 72.7 Å². The summed E-state index contributed by atoms with van der Waals surface area (Å²) in [6.07, 6.45) is 1.64. The van der Waals surface area contributed by atoms with Crippen LogP contribution in [0.4, 0.5) is 0 Å². The molecule has 0 spiro atoms. The number of phenols is 1. The number of imidazole rings is 1. The van der Waals surface area contributed by atoms with E-state index in [0.29, 0.717) is 39.3 Å². The van der Waals surface area contributed by atoms with Crippen LogP contribution in [0.5, 0.6) is 5.75 Å². The van der Waals surface area contributed by atoms with Gasteiger partial charge in [-0.2, -0.15) is 0 Å². The van der Waals surface area contributed by atoms with Crippen LogP contribution in [0, 0.1) is 13.0 Å². The Balaban J connectivity index is 0.00000684. The molecule has 5 heteroatoms. The monoisotopic (exact) mass is 1010 g/mol. The third kappa shape index (κ3) is 9.25. The zero-order chi connectivity index (χ0) is 48.7. The molecule has 6 aromatic carbocycles. The predicted octanol–water partition coefficient (Wildman–Crippen LogP) is 15.6. The maximum atomic E-state index is 12.5. The van der Waals surface area contributed by atoms with Crippen molar-refractivity contribution in [3.05, 3.63) is 167 Å². The number of para-hydroxylation sites is 1. The molecule has 0 saturated heterocycles. The second-order valence-corrected chi connectivity index (χ2v) is 19.9. The van der Waals surface area contributed by atoms with Gasteiger partial charge in [-0.25, -0.2) is 4.98 Å². The summed E-state index contributed by atoms with van der Waals surface area (Å²) >= 11 is 0. The van der Waals surface area contributed by atoms with Crippen LogP contribution >= 0.6 is 0 Å². The first-order valence-electron chi connectivity index (χ1n) is 24.0. The molecule has 0 aliphatic rings. The normalized spacial score (nSPS) is 13.5. The van der Waals surface area contributed by atoms with Gasteiger partial charge in [0.2, 0.25) is 0 Å². The van der Waals surface area contributed by atoms with Gasteiger partial charge in [0.1, 0.15) is 11.6 Å². The van der Waals surface area contributed by atoms with Gasteiger partial charge in [0, 0.05) is 45.6 Å². The third-order valence-corrected chi connectivity index (χ3v) is 11.7. The summed E-state index contributed by atoms with van der Waals surface area (Å²) < 4.78 is 46.1. The maximum absolute atomic E-state index is 12.5. The molecule has 0 unspecified atom stereocenters. The van der Waals surface area contributed by atoms with Crippen molar-refractivity contribution in [1.29, 1.82) is 0 Å². The van der Waals surface area contributed by atoms with Gasteiger partial charge < -0.3 is 5.11 Å².